The molecule has 0 unspecified atom stereocenters. The summed E-state index contributed by atoms with van der Waals surface area (Å²) in [4.78, 5) is 10.9. The molecule has 0 aromatic heterocycles. The van der Waals surface area contributed by atoms with Crippen LogP contribution in [0.15, 0.2) is 0 Å². The minimum atomic E-state index is -0.992. The van der Waals surface area contributed by atoms with Crippen LogP contribution in [-0.2, 0) is 9.53 Å². The van der Waals surface area contributed by atoms with Crippen LogP contribution in [0.3, 0.4) is 0 Å². The molecule has 0 bridgehead atoms. The Bertz CT molecular complexity index is 167. The van der Waals surface area contributed by atoms with Gasteiger partial charge in [0.25, 0.3) is 0 Å². The topological polar surface area (TPSA) is 46.5 Å². The highest BCUT2D eigenvalue weighted by Crippen LogP contribution is 2.08. The first-order chi connectivity index (χ1) is 7.68. The van der Waals surface area contributed by atoms with Gasteiger partial charge in [-0.2, -0.15) is 0 Å². The van der Waals surface area contributed by atoms with Gasteiger partial charge in [0, 0.05) is 0 Å². The standard InChI is InChI=1S/C13H26O3/c1-3-4-5-6-7-8-9-10-11-16-13(15)12(2)14/h12,14H,3-11H2,1-2H3/t12-/m0/s1. The summed E-state index contributed by atoms with van der Waals surface area (Å²) in [7, 11) is 0. The van der Waals surface area contributed by atoms with Crippen LogP contribution in [0.4, 0.5) is 0 Å². The number of unbranched alkanes of at least 4 members (excludes halogenated alkanes) is 7. The first-order valence-corrected chi connectivity index (χ1v) is 6.53. The zero-order valence-corrected chi connectivity index (χ0v) is 10.7. The Morgan fingerprint density at radius 2 is 1.56 bits per heavy atom. The van der Waals surface area contributed by atoms with Crippen molar-refractivity contribution in [1.82, 2.24) is 0 Å². The first-order valence-electron chi connectivity index (χ1n) is 6.53. The summed E-state index contributed by atoms with van der Waals surface area (Å²) < 4.78 is 4.86. The molecule has 0 rings (SSSR count). The molecule has 0 aliphatic rings. The van der Waals surface area contributed by atoms with Crippen molar-refractivity contribution in [2.75, 3.05) is 6.61 Å². The number of ether oxygens (including phenoxy) is 1. The summed E-state index contributed by atoms with van der Waals surface area (Å²) in [6, 6.07) is 0. The molecular weight excluding hydrogens is 204 g/mol. The number of aliphatic hydroxyl groups excluding tert-OH is 1. The van der Waals surface area contributed by atoms with Gasteiger partial charge in [0.1, 0.15) is 6.10 Å². The maximum atomic E-state index is 10.9. The van der Waals surface area contributed by atoms with Crippen LogP contribution < -0.4 is 0 Å². The quantitative estimate of drug-likeness (QED) is 0.463. The smallest absolute Gasteiger partial charge is 0.334 e. The molecular formula is C13H26O3. The second-order valence-corrected chi connectivity index (χ2v) is 4.32. The number of carbonyl (C=O) groups excluding carboxylic acids is 1. The van der Waals surface area contributed by atoms with Crippen LogP contribution in [0.1, 0.15) is 65.2 Å². The Labute approximate surface area is 99.2 Å². The molecule has 0 spiro atoms. The van der Waals surface area contributed by atoms with Crippen molar-refractivity contribution in [2.24, 2.45) is 0 Å². The van der Waals surface area contributed by atoms with Crippen LogP contribution in [0, 0.1) is 0 Å². The molecule has 0 saturated carbocycles. The molecule has 1 N–H and O–H groups in total. The van der Waals surface area contributed by atoms with E-state index in [0.717, 1.165) is 12.8 Å². The maximum absolute atomic E-state index is 10.9. The van der Waals surface area contributed by atoms with Gasteiger partial charge in [0.2, 0.25) is 0 Å². The van der Waals surface area contributed by atoms with Gasteiger partial charge >= 0.3 is 5.97 Å². The summed E-state index contributed by atoms with van der Waals surface area (Å²) in [5.41, 5.74) is 0. The lowest BCUT2D eigenvalue weighted by Crippen LogP contribution is -2.19. The normalized spacial score (nSPS) is 12.4. The lowest BCUT2D eigenvalue weighted by molar-refractivity contribution is -0.152. The zero-order valence-electron chi connectivity index (χ0n) is 10.7. The van der Waals surface area contributed by atoms with Crippen LogP contribution in [0.25, 0.3) is 0 Å². The van der Waals surface area contributed by atoms with E-state index in [-0.39, 0.29) is 0 Å². The van der Waals surface area contributed by atoms with Crippen molar-refractivity contribution in [2.45, 2.75) is 71.3 Å². The fraction of sp³-hybridized carbons (Fsp3) is 0.923. The minimum absolute atomic E-state index is 0.443. The molecule has 0 radical (unpaired) electrons. The molecule has 0 aromatic carbocycles. The largest absolute Gasteiger partial charge is 0.464 e. The zero-order chi connectivity index (χ0) is 12.2. The number of carbonyl (C=O) groups is 1. The summed E-state index contributed by atoms with van der Waals surface area (Å²) >= 11 is 0. The average molecular weight is 230 g/mol. The molecule has 0 saturated heterocycles. The van der Waals surface area contributed by atoms with Gasteiger partial charge in [0.05, 0.1) is 6.61 Å². The Morgan fingerprint density at radius 3 is 2.06 bits per heavy atom. The molecule has 1 atom stereocenters. The van der Waals surface area contributed by atoms with Crippen molar-refractivity contribution < 1.29 is 14.6 Å². The summed E-state index contributed by atoms with van der Waals surface area (Å²) in [6.07, 6.45) is 8.82. The number of hydrogen-bond donors (Lipinski definition) is 1. The molecule has 0 aliphatic carbocycles. The van der Waals surface area contributed by atoms with E-state index >= 15 is 0 Å². The number of aliphatic hydroxyl groups is 1. The number of esters is 1. The van der Waals surface area contributed by atoms with Crippen LogP contribution in [0.5, 0.6) is 0 Å². The van der Waals surface area contributed by atoms with Crippen molar-refractivity contribution in [3.63, 3.8) is 0 Å². The van der Waals surface area contributed by atoms with Gasteiger partial charge in [-0.1, -0.05) is 51.9 Å². The molecule has 0 heterocycles. The van der Waals surface area contributed by atoms with Gasteiger partial charge in [-0.05, 0) is 13.3 Å². The van der Waals surface area contributed by atoms with E-state index in [1.165, 1.54) is 45.4 Å². The van der Waals surface area contributed by atoms with Crippen LogP contribution in [-0.4, -0.2) is 23.8 Å². The van der Waals surface area contributed by atoms with E-state index in [1.54, 1.807) is 0 Å². The van der Waals surface area contributed by atoms with Gasteiger partial charge in [0.15, 0.2) is 0 Å². The molecule has 0 aromatic rings. The lowest BCUT2D eigenvalue weighted by atomic mass is 10.1. The summed E-state index contributed by atoms with van der Waals surface area (Å²) in [5.74, 6) is -0.511. The van der Waals surface area contributed by atoms with Crippen LogP contribution in [0.2, 0.25) is 0 Å². The molecule has 3 nitrogen and oxygen atoms in total. The molecule has 3 heteroatoms. The highest BCUT2D eigenvalue weighted by molar-refractivity contribution is 5.73. The average Bonchev–Trinajstić information content (AvgIpc) is 2.26. The predicted molar refractivity (Wildman–Crippen MR) is 65.2 cm³/mol. The number of rotatable bonds is 10. The predicted octanol–water partition coefficient (Wildman–Crippen LogP) is 3.05. The molecule has 16 heavy (non-hydrogen) atoms. The third-order valence-corrected chi connectivity index (χ3v) is 2.58. The van der Waals surface area contributed by atoms with Gasteiger partial charge in [-0.3, -0.25) is 0 Å². The summed E-state index contributed by atoms with van der Waals surface area (Å²) in [5, 5.41) is 8.87. The maximum Gasteiger partial charge on any atom is 0.334 e. The molecule has 0 fully saturated rings. The van der Waals surface area contributed by atoms with Crippen molar-refractivity contribution >= 4 is 5.97 Å². The highest BCUT2D eigenvalue weighted by atomic mass is 16.5. The Balaban J connectivity index is 3.07. The monoisotopic (exact) mass is 230 g/mol. The lowest BCUT2D eigenvalue weighted by Gasteiger charge is -2.06. The van der Waals surface area contributed by atoms with Gasteiger partial charge < -0.3 is 9.84 Å². The third-order valence-electron chi connectivity index (χ3n) is 2.58. The Kier molecular flexibility index (Phi) is 10.5. The highest BCUT2D eigenvalue weighted by Gasteiger charge is 2.08. The third kappa shape index (κ3) is 9.97. The van der Waals surface area contributed by atoms with E-state index < -0.39 is 12.1 Å². The Hall–Kier alpha value is -0.570. The fourth-order valence-electron chi connectivity index (χ4n) is 1.53. The second kappa shape index (κ2) is 10.9. The SMILES string of the molecule is CCCCCCCCCCOC(=O)[C@H](C)O. The first kappa shape index (κ1) is 15.4. The van der Waals surface area contributed by atoms with E-state index in [9.17, 15) is 4.79 Å². The molecule has 0 amide bonds. The molecule has 0 aliphatic heterocycles. The van der Waals surface area contributed by atoms with Crippen molar-refractivity contribution in [1.29, 1.82) is 0 Å². The Morgan fingerprint density at radius 1 is 1.06 bits per heavy atom. The van der Waals surface area contributed by atoms with Crippen molar-refractivity contribution in [3.8, 4) is 0 Å². The van der Waals surface area contributed by atoms with Crippen molar-refractivity contribution in [3.05, 3.63) is 0 Å². The van der Waals surface area contributed by atoms with E-state index in [2.05, 4.69) is 6.92 Å². The van der Waals surface area contributed by atoms with Crippen LogP contribution >= 0.6 is 0 Å². The summed E-state index contributed by atoms with van der Waals surface area (Å²) in [6.45, 7) is 4.09. The second-order valence-electron chi connectivity index (χ2n) is 4.32. The van der Waals surface area contributed by atoms with E-state index in [4.69, 9.17) is 9.84 Å². The van der Waals surface area contributed by atoms with E-state index in [0.29, 0.717) is 6.61 Å². The van der Waals surface area contributed by atoms with E-state index in [1.807, 2.05) is 0 Å². The number of hydrogen-bond acceptors (Lipinski definition) is 3. The van der Waals surface area contributed by atoms with Gasteiger partial charge in [-0.15, -0.1) is 0 Å². The fourth-order valence-corrected chi connectivity index (χ4v) is 1.53. The minimum Gasteiger partial charge on any atom is -0.464 e. The van der Waals surface area contributed by atoms with Gasteiger partial charge in [-0.25, -0.2) is 4.79 Å². The molecule has 96 valence electrons.